The molecule has 0 aliphatic carbocycles. The second-order valence-corrected chi connectivity index (χ2v) is 1.24. The van der Waals surface area contributed by atoms with E-state index in [2.05, 4.69) is 4.98 Å². The van der Waals surface area contributed by atoms with Gasteiger partial charge in [-0.15, -0.1) is 0 Å². The van der Waals surface area contributed by atoms with E-state index in [1.165, 1.54) is 12.4 Å². The molecular weight excluding hydrogens is 108 g/mol. The first-order valence-corrected chi connectivity index (χ1v) is 1.99. The molecule has 0 aliphatic rings. The summed E-state index contributed by atoms with van der Waals surface area (Å²) in [7, 11) is 0. The predicted molar refractivity (Wildman–Crippen MR) is 27.4 cm³/mol. The minimum atomic E-state index is -0.598. The maximum absolute atomic E-state index is 9.95. The second-order valence-electron chi connectivity index (χ2n) is 1.24. The smallest absolute Gasteiger partial charge is 0.286 e. The fourth-order valence-electron chi connectivity index (χ4n) is 0.383. The average molecular weight is 113 g/mol. The van der Waals surface area contributed by atoms with Gasteiger partial charge in [-0.2, -0.15) is 0 Å². The number of nitro groups is 1. The maximum Gasteiger partial charge on any atom is 0.286 e. The highest BCUT2D eigenvalue weighted by molar-refractivity contribution is 5.23. The number of H-pyrrole nitrogens is 1. The lowest BCUT2D eigenvalue weighted by molar-refractivity contribution is -0.384. The molecule has 4 heteroatoms. The molecule has 0 saturated heterocycles. The largest absolute Gasteiger partial charge is 0.362 e. The molecule has 0 aromatic carbocycles. The molecule has 0 unspecified atom stereocenters. The topological polar surface area (TPSA) is 58.9 Å². The molecule has 0 bridgehead atoms. The molecule has 1 rings (SSSR count). The van der Waals surface area contributed by atoms with Gasteiger partial charge >= 0.3 is 0 Å². The summed E-state index contributed by atoms with van der Waals surface area (Å²) >= 11 is 0. The zero-order valence-corrected chi connectivity index (χ0v) is 3.92. The minimum absolute atomic E-state index is 0.0833. The number of rotatable bonds is 1. The summed E-state index contributed by atoms with van der Waals surface area (Å²) in [5, 5.41) is 9.95. The summed E-state index contributed by atoms with van der Waals surface area (Å²) in [4.78, 5) is 11.8. The summed E-state index contributed by atoms with van der Waals surface area (Å²) in [5.41, 5.74) is -0.185. The molecule has 1 aromatic heterocycles. The summed E-state index contributed by atoms with van der Waals surface area (Å²) in [6.07, 6.45) is 2.44. The van der Waals surface area contributed by atoms with E-state index in [-0.39, 0.29) is 11.7 Å². The fraction of sp³-hybridized carbons (Fsp3) is 0. The molecule has 1 N–H and O–H groups in total. The van der Waals surface area contributed by atoms with E-state index >= 15 is 0 Å². The van der Waals surface area contributed by atoms with Gasteiger partial charge in [0, 0.05) is 12.2 Å². The normalized spacial score (nSPS) is 10.8. The molecule has 1 heterocycles. The van der Waals surface area contributed by atoms with Crippen molar-refractivity contribution in [2.45, 2.75) is 0 Å². The van der Waals surface area contributed by atoms with Crippen LogP contribution >= 0.6 is 0 Å². The van der Waals surface area contributed by atoms with Gasteiger partial charge in [0.15, 0.2) is 0 Å². The Labute approximate surface area is 46.7 Å². The Balaban J connectivity index is 3.08. The molecule has 0 atom stereocenters. The summed E-state index contributed by atoms with van der Waals surface area (Å²) in [5.74, 6) is 0. The predicted octanol–water partition coefficient (Wildman–Crippen LogP) is 0.923. The number of hydrogen-bond acceptors (Lipinski definition) is 2. The Bertz CT molecular complexity index is 232. The highest BCUT2D eigenvalue weighted by Gasteiger charge is 2.00. The highest BCUT2D eigenvalue weighted by Crippen LogP contribution is 2.05. The Kier molecular flexibility index (Phi) is 0.754. The van der Waals surface area contributed by atoms with Crippen LogP contribution in [0.25, 0.3) is 0 Å². The number of nitrogens with one attached hydrogen (secondary N) is 1. The van der Waals surface area contributed by atoms with Crippen molar-refractivity contribution in [3.8, 4) is 0 Å². The molecule has 0 fully saturated rings. The molecule has 42 valence electrons. The van der Waals surface area contributed by atoms with Crippen molar-refractivity contribution in [1.82, 2.24) is 4.98 Å². The molecule has 1 aromatic rings. The Morgan fingerprint density at radius 2 is 2.75 bits per heavy atom. The van der Waals surface area contributed by atoms with Crippen molar-refractivity contribution >= 4 is 5.69 Å². The first kappa shape index (κ1) is 3.65. The standard InChI is InChI=1S/C4H4N2O2/c7-6(8)4-1-2-5-3-4/h1-3,5H/i1D. The lowest BCUT2D eigenvalue weighted by Gasteiger charge is -1.77. The van der Waals surface area contributed by atoms with Gasteiger partial charge in [-0.25, -0.2) is 0 Å². The zero-order chi connectivity index (χ0) is 6.85. The SMILES string of the molecule is [2H]c1c[nH]cc1[N+](=O)[O-]. The van der Waals surface area contributed by atoms with Crippen LogP contribution in [0.5, 0.6) is 0 Å². The Hall–Kier alpha value is -1.32. The van der Waals surface area contributed by atoms with Crippen molar-refractivity contribution in [3.63, 3.8) is 0 Å². The van der Waals surface area contributed by atoms with Crippen LogP contribution in [-0.2, 0) is 0 Å². The van der Waals surface area contributed by atoms with E-state index in [0.29, 0.717) is 0 Å². The summed E-state index contributed by atoms with van der Waals surface area (Å²) in [6, 6.07) is -0.0833. The van der Waals surface area contributed by atoms with Crippen LogP contribution < -0.4 is 0 Å². The van der Waals surface area contributed by atoms with Crippen molar-refractivity contribution < 1.29 is 6.29 Å². The van der Waals surface area contributed by atoms with Gasteiger partial charge in [0.2, 0.25) is 0 Å². The number of aromatic amines is 1. The van der Waals surface area contributed by atoms with Crippen LogP contribution in [0.15, 0.2) is 18.4 Å². The number of nitrogens with zero attached hydrogens (tertiary/aromatic N) is 1. The van der Waals surface area contributed by atoms with E-state index in [9.17, 15) is 10.1 Å². The maximum atomic E-state index is 9.95. The third kappa shape index (κ3) is 0.676. The molecule has 0 amide bonds. The van der Waals surface area contributed by atoms with Gasteiger partial charge in [0.25, 0.3) is 5.69 Å². The monoisotopic (exact) mass is 113 g/mol. The fourth-order valence-corrected chi connectivity index (χ4v) is 0.383. The quantitative estimate of drug-likeness (QED) is 0.435. The van der Waals surface area contributed by atoms with Gasteiger partial charge < -0.3 is 4.98 Å². The number of aromatic nitrogens is 1. The third-order valence-corrected chi connectivity index (χ3v) is 0.720. The van der Waals surface area contributed by atoms with Crippen molar-refractivity contribution in [2.24, 2.45) is 0 Å². The summed E-state index contributed by atoms with van der Waals surface area (Å²) in [6.45, 7) is 0. The number of hydrogen-bond donors (Lipinski definition) is 1. The van der Waals surface area contributed by atoms with E-state index in [4.69, 9.17) is 1.37 Å². The van der Waals surface area contributed by atoms with Crippen molar-refractivity contribution in [3.05, 3.63) is 28.6 Å². The van der Waals surface area contributed by atoms with Gasteiger partial charge in [-0.3, -0.25) is 10.1 Å². The van der Waals surface area contributed by atoms with E-state index in [1.54, 1.807) is 0 Å². The molecular formula is C4H4N2O2. The van der Waals surface area contributed by atoms with Crippen LogP contribution in [-0.4, -0.2) is 9.91 Å². The lowest BCUT2D eigenvalue weighted by Crippen LogP contribution is -1.82. The Morgan fingerprint density at radius 1 is 2.00 bits per heavy atom. The zero-order valence-electron chi connectivity index (χ0n) is 4.92. The molecule has 0 spiro atoms. The van der Waals surface area contributed by atoms with E-state index in [0.717, 1.165) is 0 Å². The second kappa shape index (κ2) is 1.65. The first-order valence-electron chi connectivity index (χ1n) is 2.49. The molecule has 0 saturated carbocycles. The summed E-state index contributed by atoms with van der Waals surface area (Å²) < 4.78 is 6.91. The van der Waals surface area contributed by atoms with Crippen LogP contribution in [0.3, 0.4) is 0 Å². The first-order chi connectivity index (χ1) is 4.22. The van der Waals surface area contributed by atoms with E-state index in [1.807, 2.05) is 0 Å². The van der Waals surface area contributed by atoms with Gasteiger partial charge in [0.05, 0.1) is 12.5 Å². The van der Waals surface area contributed by atoms with Crippen LogP contribution in [0.2, 0.25) is 0 Å². The van der Waals surface area contributed by atoms with Gasteiger partial charge in [-0.05, 0) is 0 Å². The minimum Gasteiger partial charge on any atom is -0.362 e. The average Bonchev–Trinajstić information content (AvgIpc) is 2.13. The van der Waals surface area contributed by atoms with Crippen LogP contribution in [0.4, 0.5) is 5.69 Å². The van der Waals surface area contributed by atoms with Crippen LogP contribution in [0, 0.1) is 10.1 Å². The highest BCUT2D eigenvalue weighted by atomic mass is 16.6. The van der Waals surface area contributed by atoms with Crippen molar-refractivity contribution in [2.75, 3.05) is 0 Å². The van der Waals surface area contributed by atoms with Crippen molar-refractivity contribution in [1.29, 1.82) is 0 Å². The lowest BCUT2D eigenvalue weighted by atomic mass is 10.6. The molecule has 0 aliphatic heterocycles. The third-order valence-electron chi connectivity index (χ3n) is 0.720. The van der Waals surface area contributed by atoms with E-state index < -0.39 is 4.92 Å². The molecule has 0 radical (unpaired) electrons. The van der Waals surface area contributed by atoms with Gasteiger partial charge in [-0.1, -0.05) is 0 Å². The van der Waals surface area contributed by atoms with Gasteiger partial charge in [0.1, 0.15) is 0 Å². The molecule has 8 heavy (non-hydrogen) atoms. The van der Waals surface area contributed by atoms with Crippen LogP contribution in [0.1, 0.15) is 1.37 Å². The molecule has 4 nitrogen and oxygen atoms in total. The Morgan fingerprint density at radius 3 is 3.00 bits per heavy atom.